The Hall–Kier alpha value is -1.19. The second kappa shape index (κ2) is 7.00. The average Bonchev–Trinajstić information content (AvgIpc) is 2.29. The number of hydrogen-bond acceptors (Lipinski definition) is 5. The Bertz CT molecular complexity index is 591. The highest BCUT2D eigenvalue weighted by Crippen LogP contribution is 2.23. The summed E-state index contributed by atoms with van der Waals surface area (Å²) in [5.41, 5.74) is 5.05. The van der Waals surface area contributed by atoms with Gasteiger partial charge in [-0.1, -0.05) is 0 Å². The van der Waals surface area contributed by atoms with Crippen molar-refractivity contribution in [1.29, 1.82) is 0 Å². The number of hydrogen-bond donors (Lipinski definition) is 3. The Kier molecular flexibility index (Phi) is 5.90. The van der Waals surface area contributed by atoms with Crippen molar-refractivity contribution in [2.75, 3.05) is 11.9 Å². The lowest BCUT2D eigenvalue weighted by Crippen LogP contribution is -2.36. The molecule has 0 aliphatic heterocycles. The molecule has 0 saturated heterocycles. The molecule has 1 atom stereocenters. The lowest BCUT2D eigenvalue weighted by molar-refractivity contribution is -0.118. The van der Waals surface area contributed by atoms with Gasteiger partial charge in [0.1, 0.15) is 10.7 Å². The number of amides is 1. The number of rotatable bonds is 7. The number of nitrogens with zero attached hydrogens (tertiary/aromatic N) is 1. The van der Waals surface area contributed by atoms with Crippen LogP contribution in [0.25, 0.3) is 0 Å². The van der Waals surface area contributed by atoms with Gasteiger partial charge < -0.3 is 11.1 Å². The third kappa shape index (κ3) is 4.73. The number of primary amides is 1. The first-order valence-electron chi connectivity index (χ1n) is 5.96. The van der Waals surface area contributed by atoms with Gasteiger partial charge in [-0.2, -0.15) is 0 Å². The number of halogens is 1. The zero-order valence-corrected chi connectivity index (χ0v) is 13.6. The first kappa shape index (κ1) is 16.9. The number of nitrogens with two attached hydrogens (primary N) is 1. The van der Waals surface area contributed by atoms with Gasteiger partial charge in [0.05, 0.1) is 0 Å². The second-order valence-corrected chi connectivity index (χ2v) is 6.82. The molecule has 1 aromatic rings. The zero-order valence-electron chi connectivity index (χ0n) is 11.2. The molecule has 9 heteroatoms. The normalized spacial score (nSPS) is 12.9. The molecule has 0 radical (unpaired) electrons. The van der Waals surface area contributed by atoms with E-state index in [1.165, 1.54) is 12.3 Å². The first-order chi connectivity index (χ1) is 9.26. The van der Waals surface area contributed by atoms with Crippen molar-refractivity contribution in [2.45, 2.75) is 31.2 Å². The third-order valence-corrected chi connectivity index (χ3v) is 4.35. The minimum absolute atomic E-state index is 0.0186. The van der Waals surface area contributed by atoms with Crippen molar-refractivity contribution >= 4 is 37.7 Å². The Morgan fingerprint density at radius 1 is 1.55 bits per heavy atom. The number of carbonyl (C=O) groups is 1. The number of aromatic nitrogens is 1. The van der Waals surface area contributed by atoms with Crippen LogP contribution >= 0.6 is 15.9 Å². The maximum Gasteiger partial charge on any atom is 0.244 e. The number of pyridine rings is 1. The summed E-state index contributed by atoms with van der Waals surface area (Å²) in [5.74, 6) is -0.311. The van der Waals surface area contributed by atoms with Crippen LogP contribution in [0, 0.1) is 0 Å². The van der Waals surface area contributed by atoms with Crippen LogP contribution in [0.15, 0.2) is 21.6 Å². The molecular weight excluding hydrogens is 348 g/mol. The fourth-order valence-electron chi connectivity index (χ4n) is 1.60. The zero-order chi connectivity index (χ0) is 15.3. The van der Waals surface area contributed by atoms with Gasteiger partial charge in [0, 0.05) is 29.7 Å². The fourth-order valence-corrected chi connectivity index (χ4v) is 3.48. The highest BCUT2D eigenvalue weighted by Gasteiger charge is 2.23. The van der Waals surface area contributed by atoms with E-state index >= 15 is 0 Å². The molecule has 20 heavy (non-hydrogen) atoms. The molecular formula is C11H17BrN4O3S. The summed E-state index contributed by atoms with van der Waals surface area (Å²) in [6, 6.07) is 0.857. The minimum atomic E-state index is -3.79. The van der Waals surface area contributed by atoms with Crippen LogP contribution in [0.2, 0.25) is 0 Å². The van der Waals surface area contributed by atoms with Crippen molar-refractivity contribution in [2.24, 2.45) is 5.73 Å². The maximum atomic E-state index is 12.3. The lowest BCUT2D eigenvalue weighted by atomic mass is 10.2. The van der Waals surface area contributed by atoms with E-state index in [9.17, 15) is 13.2 Å². The Morgan fingerprint density at radius 3 is 2.75 bits per heavy atom. The molecule has 0 saturated carbocycles. The molecule has 0 bridgehead atoms. The summed E-state index contributed by atoms with van der Waals surface area (Å²) < 4.78 is 27.6. The molecule has 0 aliphatic carbocycles. The van der Waals surface area contributed by atoms with E-state index in [2.05, 4.69) is 31.0 Å². The highest BCUT2D eigenvalue weighted by atomic mass is 79.9. The number of anilines is 1. The van der Waals surface area contributed by atoms with E-state index in [1.807, 2.05) is 6.92 Å². The van der Waals surface area contributed by atoms with Crippen LogP contribution in [0.1, 0.15) is 20.3 Å². The molecule has 1 rings (SSSR count). The van der Waals surface area contributed by atoms with Gasteiger partial charge in [0.25, 0.3) is 0 Å². The molecule has 1 heterocycles. The van der Waals surface area contributed by atoms with Crippen LogP contribution in [0.4, 0.5) is 5.82 Å². The third-order valence-electron chi connectivity index (χ3n) is 2.32. The summed E-state index contributed by atoms with van der Waals surface area (Å²) >= 11 is 3.19. The van der Waals surface area contributed by atoms with Gasteiger partial charge in [-0.3, -0.25) is 4.79 Å². The molecule has 0 spiro atoms. The van der Waals surface area contributed by atoms with Gasteiger partial charge in [-0.05, 0) is 35.8 Å². The SMILES string of the molecule is CCNc1ncc(Br)cc1S(=O)(=O)NC(C)CC(N)=O. The molecule has 7 nitrogen and oxygen atoms in total. The van der Waals surface area contributed by atoms with Crippen molar-refractivity contribution in [3.63, 3.8) is 0 Å². The van der Waals surface area contributed by atoms with E-state index in [-0.39, 0.29) is 17.1 Å². The fraction of sp³-hybridized carbons (Fsp3) is 0.455. The quantitative estimate of drug-likeness (QED) is 0.662. The first-order valence-corrected chi connectivity index (χ1v) is 8.24. The van der Waals surface area contributed by atoms with E-state index < -0.39 is 22.0 Å². The summed E-state index contributed by atoms with van der Waals surface area (Å²) in [7, 11) is -3.79. The molecule has 1 amide bonds. The van der Waals surface area contributed by atoms with E-state index in [4.69, 9.17) is 5.73 Å². The van der Waals surface area contributed by atoms with Gasteiger partial charge in [0.15, 0.2) is 0 Å². The topological polar surface area (TPSA) is 114 Å². The lowest BCUT2D eigenvalue weighted by Gasteiger charge is -2.15. The summed E-state index contributed by atoms with van der Waals surface area (Å²) in [6.45, 7) is 3.94. The number of nitrogens with one attached hydrogen (secondary N) is 2. The van der Waals surface area contributed by atoms with E-state index in [1.54, 1.807) is 6.92 Å². The average molecular weight is 365 g/mol. The van der Waals surface area contributed by atoms with Crippen LogP contribution in [-0.2, 0) is 14.8 Å². The van der Waals surface area contributed by atoms with Crippen LogP contribution < -0.4 is 15.8 Å². The standard InChI is InChI=1S/C11H17BrN4O3S/c1-3-14-11-9(5-8(12)6-15-11)20(18,19)16-7(2)4-10(13)17/h5-7,16H,3-4H2,1-2H3,(H2,13,17)(H,14,15). The number of sulfonamides is 1. The highest BCUT2D eigenvalue weighted by molar-refractivity contribution is 9.10. The Balaban J connectivity index is 3.08. The van der Waals surface area contributed by atoms with Gasteiger partial charge in [-0.15, -0.1) is 0 Å². The summed E-state index contributed by atoms with van der Waals surface area (Å²) in [6.07, 6.45) is 1.43. The van der Waals surface area contributed by atoms with Crippen molar-refractivity contribution < 1.29 is 13.2 Å². The predicted molar refractivity (Wildman–Crippen MR) is 79.7 cm³/mol. The van der Waals surface area contributed by atoms with E-state index in [0.717, 1.165) is 0 Å². The van der Waals surface area contributed by atoms with Gasteiger partial charge >= 0.3 is 0 Å². The Labute approximate surface area is 126 Å². The van der Waals surface area contributed by atoms with Crippen LogP contribution in [0.3, 0.4) is 0 Å². The molecule has 1 aromatic heterocycles. The molecule has 0 aliphatic rings. The largest absolute Gasteiger partial charge is 0.370 e. The van der Waals surface area contributed by atoms with Crippen LogP contribution in [0.5, 0.6) is 0 Å². The summed E-state index contributed by atoms with van der Waals surface area (Å²) in [5, 5.41) is 2.88. The predicted octanol–water partition coefficient (Wildman–Crippen LogP) is 0.818. The maximum absolute atomic E-state index is 12.3. The second-order valence-electron chi connectivity index (χ2n) is 4.22. The van der Waals surface area contributed by atoms with Gasteiger partial charge in [-0.25, -0.2) is 18.1 Å². The summed E-state index contributed by atoms with van der Waals surface area (Å²) in [4.78, 5) is 14.9. The smallest absolute Gasteiger partial charge is 0.244 e. The van der Waals surface area contributed by atoms with Crippen LogP contribution in [-0.4, -0.2) is 31.9 Å². The van der Waals surface area contributed by atoms with E-state index in [0.29, 0.717) is 11.0 Å². The Morgan fingerprint density at radius 2 is 2.20 bits per heavy atom. The van der Waals surface area contributed by atoms with Gasteiger partial charge in [0.2, 0.25) is 15.9 Å². The van der Waals surface area contributed by atoms with Crippen molar-refractivity contribution in [3.05, 3.63) is 16.7 Å². The molecule has 0 fully saturated rings. The molecule has 4 N–H and O–H groups in total. The number of carbonyl (C=O) groups excluding carboxylic acids is 1. The molecule has 0 aromatic carbocycles. The van der Waals surface area contributed by atoms with Crippen molar-refractivity contribution in [3.8, 4) is 0 Å². The minimum Gasteiger partial charge on any atom is -0.370 e. The van der Waals surface area contributed by atoms with Crippen molar-refractivity contribution in [1.82, 2.24) is 9.71 Å². The molecule has 1 unspecified atom stereocenters. The monoisotopic (exact) mass is 364 g/mol. The molecule has 112 valence electrons.